The third kappa shape index (κ3) is 3.75. The van der Waals surface area contributed by atoms with Gasteiger partial charge in [0, 0.05) is 6.42 Å². The molecule has 0 aliphatic rings. The summed E-state index contributed by atoms with van der Waals surface area (Å²) in [6.07, 6.45) is 0.394. The summed E-state index contributed by atoms with van der Waals surface area (Å²) >= 11 is 0. The maximum Gasteiger partial charge on any atom is 0.305 e. The zero-order valence-electron chi connectivity index (χ0n) is 13.0. The fourth-order valence-corrected chi connectivity index (χ4v) is 2.62. The van der Waals surface area contributed by atoms with Crippen molar-refractivity contribution in [1.82, 2.24) is 0 Å². The van der Waals surface area contributed by atoms with E-state index < -0.39 is 5.41 Å². The highest BCUT2D eigenvalue weighted by atomic mass is 19.1. The molecule has 4 heteroatoms. The number of rotatable bonds is 6. The normalized spacial score (nSPS) is 12.9. The Morgan fingerprint density at radius 3 is 2.30 bits per heavy atom. The molecule has 0 saturated heterocycles. The van der Waals surface area contributed by atoms with Gasteiger partial charge >= 0.3 is 5.97 Å². The first-order valence-electron chi connectivity index (χ1n) is 7.51. The van der Waals surface area contributed by atoms with E-state index in [1.54, 1.807) is 19.1 Å². The molecule has 0 saturated carbocycles. The van der Waals surface area contributed by atoms with Crippen molar-refractivity contribution in [3.63, 3.8) is 0 Å². The fourth-order valence-electron chi connectivity index (χ4n) is 2.62. The summed E-state index contributed by atoms with van der Waals surface area (Å²) in [6.45, 7) is 2.05. The van der Waals surface area contributed by atoms with Gasteiger partial charge in [-0.15, -0.1) is 0 Å². The molecule has 2 rings (SSSR count). The number of nitriles is 1. The van der Waals surface area contributed by atoms with Gasteiger partial charge in [0.2, 0.25) is 0 Å². The van der Waals surface area contributed by atoms with Crippen molar-refractivity contribution < 1.29 is 13.9 Å². The molecule has 0 radical (unpaired) electrons. The molecule has 0 aliphatic carbocycles. The summed E-state index contributed by atoms with van der Waals surface area (Å²) in [5.41, 5.74) is 0.428. The summed E-state index contributed by atoms with van der Waals surface area (Å²) < 4.78 is 18.2. The van der Waals surface area contributed by atoms with E-state index in [2.05, 4.69) is 6.07 Å². The summed E-state index contributed by atoms with van der Waals surface area (Å²) in [5, 5.41) is 9.90. The molecular formula is C19H18FNO2. The third-order valence-corrected chi connectivity index (χ3v) is 3.80. The highest BCUT2D eigenvalue weighted by molar-refractivity contribution is 5.70. The van der Waals surface area contributed by atoms with E-state index in [1.165, 1.54) is 12.1 Å². The molecule has 1 atom stereocenters. The van der Waals surface area contributed by atoms with Gasteiger partial charge in [-0.3, -0.25) is 4.79 Å². The van der Waals surface area contributed by atoms with E-state index >= 15 is 0 Å². The molecule has 3 nitrogen and oxygen atoms in total. The van der Waals surface area contributed by atoms with Gasteiger partial charge in [0.15, 0.2) is 0 Å². The molecule has 0 aromatic heterocycles. The Balaban J connectivity index is 2.43. The molecule has 0 fully saturated rings. The van der Waals surface area contributed by atoms with Crippen LogP contribution in [0.15, 0.2) is 54.6 Å². The predicted octanol–water partition coefficient (Wildman–Crippen LogP) is 3.98. The van der Waals surface area contributed by atoms with Crippen molar-refractivity contribution in [3.05, 3.63) is 71.5 Å². The van der Waals surface area contributed by atoms with Gasteiger partial charge in [-0.25, -0.2) is 4.39 Å². The number of halogens is 1. The molecule has 23 heavy (non-hydrogen) atoms. The van der Waals surface area contributed by atoms with Crippen molar-refractivity contribution in [1.29, 1.82) is 5.26 Å². The summed E-state index contributed by atoms with van der Waals surface area (Å²) in [6, 6.07) is 17.4. The van der Waals surface area contributed by atoms with Crippen molar-refractivity contribution in [2.75, 3.05) is 6.61 Å². The average molecular weight is 311 g/mol. The van der Waals surface area contributed by atoms with Crippen LogP contribution in [0, 0.1) is 17.1 Å². The van der Waals surface area contributed by atoms with E-state index in [1.807, 2.05) is 30.3 Å². The van der Waals surface area contributed by atoms with Crippen molar-refractivity contribution >= 4 is 5.97 Å². The van der Waals surface area contributed by atoms with Gasteiger partial charge in [0.05, 0.1) is 12.7 Å². The van der Waals surface area contributed by atoms with E-state index in [4.69, 9.17) is 4.74 Å². The molecule has 0 aliphatic heterocycles. The third-order valence-electron chi connectivity index (χ3n) is 3.80. The van der Waals surface area contributed by atoms with Gasteiger partial charge in [-0.2, -0.15) is 5.26 Å². The second kappa shape index (κ2) is 7.55. The van der Waals surface area contributed by atoms with Crippen LogP contribution in [0.2, 0.25) is 0 Å². The van der Waals surface area contributed by atoms with E-state index in [9.17, 15) is 14.4 Å². The van der Waals surface area contributed by atoms with Crippen LogP contribution in [-0.2, 0) is 14.9 Å². The molecular weight excluding hydrogens is 293 g/mol. The van der Waals surface area contributed by atoms with Gasteiger partial charge in [0.25, 0.3) is 0 Å². The highest BCUT2D eigenvalue weighted by Crippen LogP contribution is 2.36. The first kappa shape index (κ1) is 16.7. The number of benzene rings is 2. The molecule has 2 aromatic carbocycles. The number of carbonyl (C=O) groups excluding carboxylic acids is 1. The lowest BCUT2D eigenvalue weighted by Crippen LogP contribution is -2.27. The van der Waals surface area contributed by atoms with Crippen LogP contribution >= 0.6 is 0 Å². The van der Waals surface area contributed by atoms with E-state index in [-0.39, 0.29) is 24.6 Å². The minimum Gasteiger partial charge on any atom is -0.466 e. The first-order valence-corrected chi connectivity index (χ1v) is 7.51. The van der Waals surface area contributed by atoms with E-state index in [0.29, 0.717) is 12.2 Å². The van der Waals surface area contributed by atoms with Crippen LogP contribution in [0.3, 0.4) is 0 Å². The smallest absolute Gasteiger partial charge is 0.305 e. The second-order valence-corrected chi connectivity index (χ2v) is 5.20. The van der Waals surface area contributed by atoms with Crippen molar-refractivity contribution in [2.24, 2.45) is 0 Å². The molecule has 1 unspecified atom stereocenters. The lowest BCUT2D eigenvalue weighted by molar-refractivity contribution is -0.143. The van der Waals surface area contributed by atoms with Crippen LogP contribution in [0.4, 0.5) is 4.39 Å². The molecule has 118 valence electrons. The van der Waals surface area contributed by atoms with Crippen LogP contribution < -0.4 is 0 Å². The largest absolute Gasteiger partial charge is 0.466 e. The van der Waals surface area contributed by atoms with E-state index in [0.717, 1.165) is 5.56 Å². The van der Waals surface area contributed by atoms with Crippen LogP contribution in [0.1, 0.15) is 30.9 Å². The van der Waals surface area contributed by atoms with Crippen molar-refractivity contribution in [2.45, 2.75) is 25.2 Å². The summed E-state index contributed by atoms with van der Waals surface area (Å²) in [7, 11) is 0. The second-order valence-electron chi connectivity index (χ2n) is 5.20. The Morgan fingerprint density at radius 1 is 1.13 bits per heavy atom. The Kier molecular flexibility index (Phi) is 5.48. The lowest BCUT2D eigenvalue weighted by Gasteiger charge is -2.27. The van der Waals surface area contributed by atoms with Crippen LogP contribution in [0.5, 0.6) is 0 Å². The zero-order chi connectivity index (χ0) is 16.7. The molecule has 0 spiro atoms. The minimum atomic E-state index is -1.01. The standard InChI is InChI=1S/C19H18FNO2/c1-2-23-18(22)12-13-19(14-21,15-6-4-3-5-7-15)16-8-10-17(20)11-9-16/h3-11H,2,12-13H2,1H3. The molecule has 0 N–H and O–H groups in total. The maximum atomic E-state index is 13.2. The Morgan fingerprint density at radius 2 is 1.74 bits per heavy atom. The summed E-state index contributed by atoms with van der Waals surface area (Å²) in [4.78, 5) is 11.7. The molecule has 2 aromatic rings. The Hall–Kier alpha value is -2.67. The minimum absolute atomic E-state index is 0.119. The molecule has 0 heterocycles. The van der Waals surface area contributed by atoms with Crippen LogP contribution in [0.25, 0.3) is 0 Å². The van der Waals surface area contributed by atoms with Gasteiger partial charge < -0.3 is 4.74 Å². The van der Waals surface area contributed by atoms with Gasteiger partial charge in [-0.1, -0.05) is 42.5 Å². The molecule has 0 bridgehead atoms. The Bertz CT molecular complexity index is 692. The number of esters is 1. The number of nitrogens with zero attached hydrogens (tertiary/aromatic N) is 1. The topological polar surface area (TPSA) is 50.1 Å². The number of carbonyl (C=O) groups is 1. The molecule has 0 amide bonds. The quantitative estimate of drug-likeness (QED) is 0.758. The fraction of sp³-hybridized carbons (Fsp3) is 0.263. The summed E-state index contributed by atoms with van der Waals surface area (Å²) in [5.74, 6) is -0.704. The number of hydrogen-bond acceptors (Lipinski definition) is 3. The maximum absolute atomic E-state index is 13.2. The SMILES string of the molecule is CCOC(=O)CCC(C#N)(c1ccccc1)c1ccc(F)cc1. The lowest BCUT2D eigenvalue weighted by atomic mass is 9.72. The average Bonchev–Trinajstić information content (AvgIpc) is 2.58. The van der Waals surface area contributed by atoms with Gasteiger partial charge in [-0.05, 0) is 36.6 Å². The predicted molar refractivity (Wildman–Crippen MR) is 85.1 cm³/mol. The Labute approximate surface area is 135 Å². The monoisotopic (exact) mass is 311 g/mol. The number of hydrogen-bond donors (Lipinski definition) is 0. The first-order chi connectivity index (χ1) is 11.1. The zero-order valence-corrected chi connectivity index (χ0v) is 13.0. The van der Waals surface area contributed by atoms with Gasteiger partial charge in [0.1, 0.15) is 11.2 Å². The van der Waals surface area contributed by atoms with Crippen molar-refractivity contribution in [3.8, 4) is 6.07 Å². The van der Waals surface area contributed by atoms with Crippen LogP contribution in [-0.4, -0.2) is 12.6 Å². The highest BCUT2D eigenvalue weighted by Gasteiger charge is 2.35. The number of ether oxygens (including phenoxy) is 1.